The molecule has 0 rings (SSSR count). The second-order valence-electron chi connectivity index (χ2n) is 3.53. The SMILES string of the molecule is C#CC(C)(C)NCC=C(C)C(=O)OC. The van der Waals surface area contributed by atoms with Gasteiger partial charge in [-0.05, 0) is 20.8 Å². The van der Waals surface area contributed by atoms with Crippen molar-refractivity contribution in [1.82, 2.24) is 5.32 Å². The molecule has 0 amide bonds. The Morgan fingerprint density at radius 3 is 2.64 bits per heavy atom. The van der Waals surface area contributed by atoms with Crippen molar-refractivity contribution in [3.8, 4) is 12.3 Å². The van der Waals surface area contributed by atoms with Crippen LogP contribution in [0.2, 0.25) is 0 Å². The number of terminal acetylenes is 1. The zero-order valence-electron chi connectivity index (χ0n) is 9.18. The van der Waals surface area contributed by atoms with Gasteiger partial charge in [-0.2, -0.15) is 0 Å². The number of ether oxygens (including phenoxy) is 1. The predicted molar refractivity (Wildman–Crippen MR) is 56.7 cm³/mol. The van der Waals surface area contributed by atoms with Crippen molar-refractivity contribution in [2.24, 2.45) is 0 Å². The van der Waals surface area contributed by atoms with Crippen molar-refractivity contribution in [3.63, 3.8) is 0 Å². The van der Waals surface area contributed by atoms with E-state index < -0.39 is 0 Å². The minimum absolute atomic E-state index is 0.315. The summed E-state index contributed by atoms with van der Waals surface area (Å²) in [6.45, 7) is 6.05. The number of carbonyl (C=O) groups excluding carboxylic acids is 1. The first-order valence-corrected chi connectivity index (χ1v) is 4.41. The first-order chi connectivity index (χ1) is 6.43. The number of hydrogen-bond acceptors (Lipinski definition) is 3. The fourth-order valence-corrected chi connectivity index (χ4v) is 0.755. The fourth-order valence-electron chi connectivity index (χ4n) is 0.755. The van der Waals surface area contributed by atoms with Gasteiger partial charge < -0.3 is 4.74 Å². The minimum atomic E-state index is -0.354. The summed E-state index contributed by atoms with van der Waals surface area (Å²) in [6.07, 6.45) is 7.04. The molecule has 0 aromatic carbocycles. The van der Waals surface area contributed by atoms with Crippen molar-refractivity contribution in [1.29, 1.82) is 0 Å². The normalized spacial score (nSPS) is 12.1. The van der Waals surface area contributed by atoms with E-state index >= 15 is 0 Å². The van der Waals surface area contributed by atoms with Gasteiger partial charge in [0.1, 0.15) is 0 Å². The maximum atomic E-state index is 11.0. The number of methoxy groups -OCH3 is 1. The largest absolute Gasteiger partial charge is 0.466 e. The molecule has 0 aromatic rings. The molecule has 0 aliphatic rings. The van der Waals surface area contributed by atoms with Crippen LogP contribution < -0.4 is 5.32 Å². The van der Waals surface area contributed by atoms with E-state index in [1.54, 1.807) is 13.0 Å². The van der Waals surface area contributed by atoms with Crippen molar-refractivity contribution in [2.45, 2.75) is 26.3 Å². The molecule has 0 fully saturated rings. The second kappa shape index (κ2) is 5.46. The highest BCUT2D eigenvalue weighted by molar-refractivity contribution is 5.87. The van der Waals surface area contributed by atoms with Crippen LogP contribution in [-0.2, 0) is 9.53 Å². The Kier molecular flexibility index (Phi) is 4.96. The molecule has 3 heteroatoms. The molecule has 0 aliphatic heterocycles. The summed E-state index contributed by atoms with van der Waals surface area (Å²) in [7, 11) is 1.36. The van der Waals surface area contributed by atoms with Gasteiger partial charge in [-0.3, -0.25) is 5.32 Å². The molecule has 0 aliphatic carbocycles. The zero-order valence-corrected chi connectivity index (χ0v) is 9.18. The molecule has 0 bridgehead atoms. The highest BCUT2D eigenvalue weighted by Gasteiger charge is 2.11. The summed E-state index contributed by atoms with van der Waals surface area (Å²) in [6, 6.07) is 0. The minimum Gasteiger partial charge on any atom is -0.466 e. The molecule has 0 radical (unpaired) electrons. The Balaban J connectivity index is 4.07. The molecule has 3 nitrogen and oxygen atoms in total. The van der Waals surface area contributed by atoms with Crippen molar-refractivity contribution in [3.05, 3.63) is 11.6 Å². The van der Waals surface area contributed by atoms with Crippen LogP contribution in [0, 0.1) is 12.3 Å². The van der Waals surface area contributed by atoms with Crippen LogP contribution in [0.3, 0.4) is 0 Å². The fraction of sp³-hybridized carbons (Fsp3) is 0.545. The monoisotopic (exact) mass is 195 g/mol. The highest BCUT2D eigenvalue weighted by Crippen LogP contribution is 1.99. The summed E-state index contributed by atoms with van der Waals surface area (Å²) in [5.41, 5.74) is 0.222. The maximum absolute atomic E-state index is 11.0. The summed E-state index contributed by atoms with van der Waals surface area (Å²) < 4.78 is 4.55. The lowest BCUT2D eigenvalue weighted by atomic mass is 10.1. The molecule has 0 saturated heterocycles. The van der Waals surface area contributed by atoms with Gasteiger partial charge in [0.15, 0.2) is 0 Å². The molecule has 0 saturated carbocycles. The van der Waals surface area contributed by atoms with Gasteiger partial charge in [0.2, 0.25) is 0 Å². The summed E-state index contributed by atoms with van der Waals surface area (Å²) >= 11 is 0. The average molecular weight is 195 g/mol. The highest BCUT2D eigenvalue weighted by atomic mass is 16.5. The quantitative estimate of drug-likeness (QED) is 0.415. The lowest BCUT2D eigenvalue weighted by Gasteiger charge is -2.18. The molecule has 0 spiro atoms. The van der Waals surface area contributed by atoms with E-state index in [-0.39, 0.29) is 11.5 Å². The lowest BCUT2D eigenvalue weighted by molar-refractivity contribution is -0.136. The van der Waals surface area contributed by atoms with Crippen molar-refractivity contribution >= 4 is 5.97 Å². The van der Waals surface area contributed by atoms with Gasteiger partial charge in [-0.1, -0.05) is 12.0 Å². The number of carbonyl (C=O) groups is 1. The molecular weight excluding hydrogens is 178 g/mol. The van der Waals surface area contributed by atoms with E-state index in [1.165, 1.54) is 7.11 Å². The standard InChI is InChI=1S/C11H17NO2/c1-6-11(3,4)12-8-7-9(2)10(13)14-5/h1,7,12H,8H2,2-5H3. The Labute approximate surface area is 85.5 Å². The van der Waals surface area contributed by atoms with Gasteiger partial charge in [0, 0.05) is 12.1 Å². The Morgan fingerprint density at radius 2 is 2.21 bits per heavy atom. The van der Waals surface area contributed by atoms with Crippen molar-refractivity contribution in [2.75, 3.05) is 13.7 Å². The van der Waals surface area contributed by atoms with Gasteiger partial charge in [0.05, 0.1) is 12.6 Å². The van der Waals surface area contributed by atoms with Crippen LogP contribution in [0.5, 0.6) is 0 Å². The third-order valence-electron chi connectivity index (χ3n) is 1.82. The summed E-state index contributed by atoms with van der Waals surface area (Å²) in [5, 5.41) is 3.10. The van der Waals surface area contributed by atoms with Crippen LogP contribution >= 0.6 is 0 Å². The zero-order chi connectivity index (χ0) is 11.2. The van der Waals surface area contributed by atoms with Crippen LogP contribution in [0.15, 0.2) is 11.6 Å². The predicted octanol–water partition coefficient (Wildman–Crippen LogP) is 1.11. The Hall–Kier alpha value is -1.27. The van der Waals surface area contributed by atoms with E-state index in [9.17, 15) is 4.79 Å². The second-order valence-corrected chi connectivity index (χ2v) is 3.53. The molecule has 1 N–H and O–H groups in total. The molecule has 0 aromatic heterocycles. The third kappa shape index (κ3) is 4.68. The summed E-state index contributed by atoms with van der Waals surface area (Å²) in [4.78, 5) is 11.0. The van der Waals surface area contributed by atoms with Gasteiger partial charge in [-0.15, -0.1) is 6.42 Å². The van der Waals surface area contributed by atoms with Crippen LogP contribution in [-0.4, -0.2) is 25.2 Å². The molecule has 0 heterocycles. The topological polar surface area (TPSA) is 38.3 Å². The van der Waals surface area contributed by atoms with Crippen LogP contribution in [0.4, 0.5) is 0 Å². The van der Waals surface area contributed by atoms with Crippen LogP contribution in [0.1, 0.15) is 20.8 Å². The molecule has 14 heavy (non-hydrogen) atoms. The molecule has 0 atom stereocenters. The first-order valence-electron chi connectivity index (χ1n) is 4.41. The smallest absolute Gasteiger partial charge is 0.333 e. The summed E-state index contributed by atoms with van der Waals surface area (Å²) in [5.74, 6) is 2.29. The number of nitrogens with one attached hydrogen (secondary N) is 1. The van der Waals surface area contributed by atoms with Crippen LogP contribution in [0.25, 0.3) is 0 Å². The lowest BCUT2D eigenvalue weighted by Crippen LogP contribution is -2.37. The van der Waals surface area contributed by atoms with Crippen molar-refractivity contribution < 1.29 is 9.53 Å². The third-order valence-corrected chi connectivity index (χ3v) is 1.82. The molecular formula is C11H17NO2. The maximum Gasteiger partial charge on any atom is 0.333 e. The van der Waals surface area contributed by atoms with E-state index in [2.05, 4.69) is 16.0 Å². The number of rotatable bonds is 4. The Morgan fingerprint density at radius 1 is 1.64 bits per heavy atom. The van der Waals surface area contributed by atoms with Gasteiger partial charge in [0.25, 0.3) is 0 Å². The Bertz CT molecular complexity index is 272. The molecule has 78 valence electrons. The number of esters is 1. The van der Waals surface area contributed by atoms with E-state index in [1.807, 2.05) is 13.8 Å². The molecule has 0 unspecified atom stereocenters. The average Bonchev–Trinajstić information content (AvgIpc) is 2.16. The number of hydrogen-bond donors (Lipinski definition) is 1. The first kappa shape index (κ1) is 12.7. The van der Waals surface area contributed by atoms with E-state index in [0.717, 1.165) is 0 Å². The van der Waals surface area contributed by atoms with E-state index in [4.69, 9.17) is 6.42 Å². The van der Waals surface area contributed by atoms with E-state index in [0.29, 0.717) is 12.1 Å². The van der Waals surface area contributed by atoms with Gasteiger partial charge in [-0.25, -0.2) is 4.79 Å². The van der Waals surface area contributed by atoms with Gasteiger partial charge >= 0.3 is 5.97 Å².